The zero-order valence-electron chi connectivity index (χ0n) is 26.6. The predicted molar refractivity (Wildman–Crippen MR) is 177 cm³/mol. The molecule has 5 atom stereocenters. The summed E-state index contributed by atoms with van der Waals surface area (Å²) in [5.41, 5.74) is 7.29. The van der Waals surface area contributed by atoms with Crippen LogP contribution >= 0.6 is 0 Å². The molecule has 0 amide bonds. The molecule has 3 fully saturated rings. The number of benzene rings is 2. The van der Waals surface area contributed by atoms with E-state index >= 15 is 8.78 Å². The third-order valence-corrected chi connectivity index (χ3v) is 10.9. The molecule has 0 unspecified atom stereocenters. The third kappa shape index (κ3) is 4.79. The second-order valence-corrected chi connectivity index (χ2v) is 13.8. The molecule has 2 aromatic carbocycles. The summed E-state index contributed by atoms with van der Waals surface area (Å²) in [6.45, 7) is 7.18. The van der Waals surface area contributed by atoms with Gasteiger partial charge in [-0.05, 0) is 61.7 Å². The average molecular weight is 642 g/mol. The van der Waals surface area contributed by atoms with E-state index in [1.54, 1.807) is 18.2 Å². The van der Waals surface area contributed by atoms with Gasteiger partial charge in [0, 0.05) is 54.8 Å². The molecular weight excluding hydrogens is 603 g/mol. The molecule has 4 aliphatic heterocycles. The normalized spacial score (nSPS) is 27.1. The van der Waals surface area contributed by atoms with E-state index in [1.807, 2.05) is 0 Å². The first-order valence-corrected chi connectivity index (χ1v) is 16.6. The van der Waals surface area contributed by atoms with Gasteiger partial charge in [-0.2, -0.15) is 9.97 Å². The number of rotatable bonds is 5. The van der Waals surface area contributed by atoms with Gasteiger partial charge in [-0.1, -0.05) is 25.8 Å². The smallest absolute Gasteiger partial charge is 0.319 e. The molecule has 0 bridgehead atoms. The molecule has 11 heteroatoms. The fraction of sp³-hybridized carbons (Fsp3) is 0.472. The lowest BCUT2D eigenvalue weighted by Crippen LogP contribution is -2.58. The maximum atomic E-state index is 17.2. The number of piperazine rings is 1. The van der Waals surface area contributed by atoms with Crippen molar-refractivity contribution in [2.75, 3.05) is 43.4 Å². The van der Waals surface area contributed by atoms with Gasteiger partial charge in [0.05, 0.1) is 22.2 Å². The highest BCUT2D eigenvalue weighted by molar-refractivity contribution is 6.04. The third-order valence-electron chi connectivity index (χ3n) is 10.9. The van der Waals surface area contributed by atoms with Crippen molar-refractivity contribution in [3.05, 3.63) is 47.2 Å². The van der Waals surface area contributed by atoms with E-state index in [9.17, 15) is 4.39 Å². The maximum absolute atomic E-state index is 17.2. The standard InChI is InChI=1S/C36H38F3N7O/c1-4-23-17-46-28(15-41-23)19(3)11-27-30-33(43-35(44-34(30)46)47-18-36-9-6-10-45(36)16-21(37)14-36)31(39)32(42-27)25-13-22(40)12-20-7-8-26(38)24(5-2)29(20)25/h2,7-8,12-13,19,21,23,28,41H,4,6,9-11,14-18,40H2,1,3H3/t19-,21+,23+,28+,36-/m0/s1. The fourth-order valence-electron chi connectivity index (χ4n) is 8.54. The molecule has 8 rings (SSSR count). The number of nitrogen functional groups attached to an aromatic ring is 1. The number of terminal acetylenes is 1. The van der Waals surface area contributed by atoms with E-state index in [0.29, 0.717) is 64.9 Å². The monoisotopic (exact) mass is 641 g/mol. The van der Waals surface area contributed by atoms with Crippen LogP contribution in [0.25, 0.3) is 32.9 Å². The highest BCUT2D eigenvalue weighted by atomic mass is 19.1. The van der Waals surface area contributed by atoms with Gasteiger partial charge in [0.15, 0.2) is 5.82 Å². The van der Waals surface area contributed by atoms with Crippen LogP contribution in [0.15, 0.2) is 24.3 Å². The van der Waals surface area contributed by atoms with Crippen LogP contribution in [0.5, 0.6) is 6.01 Å². The van der Waals surface area contributed by atoms with E-state index < -0.39 is 23.3 Å². The van der Waals surface area contributed by atoms with Crippen LogP contribution in [0, 0.1) is 29.9 Å². The van der Waals surface area contributed by atoms with Crippen LogP contribution in [0.2, 0.25) is 0 Å². The summed E-state index contributed by atoms with van der Waals surface area (Å²) in [5, 5.41) is 5.16. The Labute approximate surface area is 271 Å². The second kappa shape index (κ2) is 11.2. The van der Waals surface area contributed by atoms with Crippen LogP contribution in [0.4, 0.5) is 24.7 Å². The lowest BCUT2D eigenvalue weighted by molar-refractivity contribution is 0.107. The van der Waals surface area contributed by atoms with Crippen LogP contribution in [-0.4, -0.2) is 76.4 Å². The van der Waals surface area contributed by atoms with Crippen molar-refractivity contribution in [1.82, 2.24) is 25.2 Å². The van der Waals surface area contributed by atoms with Crippen LogP contribution in [0.3, 0.4) is 0 Å². The molecule has 3 saturated heterocycles. The summed E-state index contributed by atoms with van der Waals surface area (Å²) in [7, 11) is 0. The van der Waals surface area contributed by atoms with Crippen molar-refractivity contribution in [1.29, 1.82) is 0 Å². The summed E-state index contributed by atoms with van der Waals surface area (Å²) < 4.78 is 53.1. The molecule has 47 heavy (non-hydrogen) atoms. The Balaban J connectivity index is 1.35. The summed E-state index contributed by atoms with van der Waals surface area (Å²) in [4.78, 5) is 19.1. The Morgan fingerprint density at radius 2 is 2.02 bits per heavy atom. The summed E-state index contributed by atoms with van der Waals surface area (Å²) in [6, 6.07) is 6.50. The number of hydrogen-bond donors (Lipinski definition) is 2. The molecule has 3 N–H and O–H groups in total. The lowest BCUT2D eigenvalue weighted by atomic mass is 9.92. The highest BCUT2D eigenvalue weighted by Gasteiger charge is 2.49. The molecule has 0 saturated carbocycles. The maximum Gasteiger partial charge on any atom is 0.319 e. The molecule has 8 nitrogen and oxygen atoms in total. The molecular formula is C36H38F3N7O. The predicted octanol–water partition coefficient (Wildman–Crippen LogP) is 5.39. The zero-order valence-corrected chi connectivity index (χ0v) is 26.6. The van der Waals surface area contributed by atoms with Crippen LogP contribution in [0.1, 0.15) is 50.8 Å². The summed E-state index contributed by atoms with van der Waals surface area (Å²) in [5.74, 6) is 1.91. The van der Waals surface area contributed by atoms with Crippen LogP contribution < -0.4 is 20.7 Å². The number of nitrogens with one attached hydrogen (secondary N) is 1. The van der Waals surface area contributed by atoms with E-state index in [4.69, 9.17) is 31.8 Å². The summed E-state index contributed by atoms with van der Waals surface area (Å²) >= 11 is 0. The van der Waals surface area contributed by atoms with Gasteiger partial charge in [-0.15, -0.1) is 6.42 Å². The number of nitrogens with zero attached hydrogens (tertiary/aromatic N) is 5. The number of nitrogens with two attached hydrogens (primary N) is 1. The Morgan fingerprint density at radius 1 is 1.17 bits per heavy atom. The number of anilines is 2. The van der Waals surface area contributed by atoms with Crippen LogP contribution in [-0.2, 0) is 6.42 Å². The van der Waals surface area contributed by atoms with Crippen molar-refractivity contribution in [3.63, 3.8) is 0 Å². The molecule has 4 aliphatic rings. The first kappa shape index (κ1) is 30.2. The zero-order chi connectivity index (χ0) is 32.6. The first-order valence-electron chi connectivity index (χ1n) is 16.6. The van der Waals surface area contributed by atoms with Gasteiger partial charge >= 0.3 is 6.01 Å². The Bertz CT molecular complexity index is 1960. The van der Waals surface area contributed by atoms with Gasteiger partial charge in [0.2, 0.25) is 0 Å². The van der Waals surface area contributed by atoms with E-state index in [0.717, 1.165) is 32.4 Å². The molecule has 244 valence electrons. The Kier molecular flexibility index (Phi) is 7.22. The van der Waals surface area contributed by atoms with Gasteiger partial charge in [-0.25, -0.2) is 18.2 Å². The molecule has 2 aromatic heterocycles. The first-order chi connectivity index (χ1) is 22.7. The minimum absolute atomic E-state index is 0.00393. The SMILES string of the molecule is C#Cc1c(F)ccc2cc(N)cc(-c3nc4c5c(nc(OC[C@@]67CCCN6C[C@H](F)C7)nc5c3F)N3C[C@@H](CC)NC[C@@H]3[C@@H](C)C4)c12. The second-order valence-electron chi connectivity index (χ2n) is 13.8. The van der Waals surface area contributed by atoms with Gasteiger partial charge in [-0.3, -0.25) is 4.90 Å². The number of halogens is 3. The van der Waals surface area contributed by atoms with E-state index in [-0.39, 0.29) is 47.4 Å². The average Bonchev–Trinajstić information content (AvgIpc) is 3.56. The van der Waals surface area contributed by atoms with E-state index in [2.05, 4.69) is 34.9 Å². The van der Waals surface area contributed by atoms with Gasteiger partial charge in [0.1, 0.15) is 35.6 Å². The number of fused-ring (bicyclic) bond motifs is 4. The molecule has 0 radical (unpaired) electrons. The number of alkyl halides is 1. The van der Waals surface area contributed by atoms with Crippen molar-refractivity contribution in [3.8, 4) is 29.6 Å². The number of aromatic nitrogens is 3. The quantitative estimate of drug-likeness (QED) is 0.222. The number of hydrogen-bond acceptors (Lipinski definition) is 8. The van der Waals surface area contributed by atoms with Gasteiger partial charge in [0.25, 0.3) is 0 Å². The topological polar surface area (TPSA) is 92.4 Å². The highest BCUT2D eigenvalue weighted by Crippen LogP contribution is 2.44. The van der Waals surface area contributed by atoms with Gasteiger partial charge < -0.3 is 20.7 Å². The van der Waals surface area contributed by atoms with Crippen molar-refractivity contribution in [2.24, 2.45) is 5.92 Å². The molecule has 0 aliphatic carbocycles. The Hall–Kier alpha value is -4.14. The Morgan fingerprint density at radius 3 is 2.83 bits per heavy atom. The molecule has 0 spiro atoms. The fourth-order valence-corrected chi connectivity index (χ4v) is 8.54. The molecule has 4 aromatic rings. The largest absolute Gasteiger partial charge is 0.461 e. The number of ether oxygens (including phenoxy) is 1. The minimum atomic E-state index is -0.908. The van der Waals surface area contributed by atoms with Crippen molar-refractivity contribution < 1.29 is 17.9 Å². The van der Waals surface area contributed by atoms with Crippen molar-refractivity contribution >= 4 is 33.2 Å². The molecule has 6 heterocycles. The number of pyridine rings is 1. The van der Waals surface area contributed by atoms with E-state index in [1.165, 1.54) is 6.07 Å². The minimum Gasteiger partial charge on any atom is -0.461 e. The summed E-state index contributed by atoms with van der Waals surface area (Å²) in [6.07, 6.45) is 8.54. The lowest BCUT2D eigenvalue weighted by Gasteiger charge is -2.42. The van der Waals surface area contributed by atoms with Crippen molar-refractivity contribution in [2.45, 2.75) is 69.7 Å².